The van der Waals surface area contributed by atoms with Gasteiger partial charge in [-0.25, -0.2) is 18.5 Å². The van der Waals surface area contributed by atoms with E-state index < -0.39 is 27.7 Å². The maximum Gasteiger partial charge on any atom is 0.283 e. The van der Waals surface area contributed by atoms with Crippen LogP contribution < -0.4 is 20.7 Å². The molecule has 0 unspecified atom stereocenters. The van der Waals surface area contributed by atoms with Crippen LogP contribution in [0.4, 0.5) is 17.1 Å². The number of benzene rings is 3. The molecule has 0 atom stereocenters. The first-order valence-electron chi connectivity index (χ1n) is 10.0. The summed E-state index contributed by atoms with van der Waals surface area (Å²) >= 11 is 18.0. The molecule has 0 aliphatic carbocycles. The number of hydrogen-bond donors (Lipinski definition) is 3. The number of primary sulfonamides is 1. The summed E-state index contributed by atoms with van der Waals surface area (Å²) in [6, 6.07) is 15.7. The third kappa shape index (κ3) is 5.23. The standard InChI is InChI=1S/C23H15Cl3N4O5S/c24-17-10-7-15(11-18(17)25)30-22(32)19(26)20(23(30)33)28-13-3-1-12(2-4-13)21(31)29-14-5-8-16(9-6-14)36(27,34)35/h1-11,28H,(H,29,31)(H2,27,34,35). The van der Waals surface area contributed by atoms with Crippen molar-refractivity contribution in [2.45, 2.75) is 4.90 Å². The van der Waals surface area contributed by atoms with Gasteiger partial charge in [0.1, 0.15) is 10.7 Å². The molecule has 0 radical (unpaired) electrons. The summed E-state index contributed by atoms with van der Waals surface area (Å²) in [5.74, 6) is -1.87. The lowest BCUT2D eigenvalue weighted by Crippen LogP contribution is -2.32. The first kappa shape index (κ1) is 25.7. The van der Waals surface area contributed by atoms with E-state index in [1.165, 1.54) is 66.7 Å². The summed E-state index contributed by atoms with van der Waals surface area (Å²) in [4.78, 5) is 38.8. The molecule has 1 aliphatic rings. The van der Waals surface area contributed by atoms with Gasteiger partial charge >= 0.3 is 0 Å². The molecule has 13 heteroatoms. The normalized spacial score (nSPS) is 13.8. The van der Waals surface area contributed by atoms with Gasteiger partial charge in [0, 0.05) is 16.9 Å². The number of hydrogen-bond acceptors (Lipinski definition) is 6. The van der Waals surface area contributed by atoms with Gasteiger partial charge in [-0.3, -0.25) is 14.4 Å². The van der Waals surface area contributed by atoms with Crippen LogP contribution in [0.15, 0.2) is 82.4 Å². The molecule has 3 aromatic rings. The number of anilines is 3. The van der Waals surface area contributed by atoms with Crippen LogP contribution in [0.1, 0.15) is 10.4 Å². The van der Waals surface area contributed by atoms with Crippen LogP contribution in [0, 0.1) is 0 Å². The van der Waals surface area contributed by atoms with E-state index in [1.54, 1.807) is 0 Å². The van der Waals surface area contributed by atoms with E-state index in [4.69, 9.17) is 39.9 Å². The molecule has 0 saturated heterocycles. The van der Waals surface area contributed by atoms with E-state index in [2.05, 4.69) is 10.6 Å². The fourth-order valence-corrected chi connectivity index (χ4v) is 4.27. The molecule has 0 fully saturated rings. The minimum absolute atomic E-state index is 0.0819. The molecule has 184 valence electrons. The summed E-state index contributed by atoms with van der Waals surface area (Å²) < 4.78 is 22.7. The molecule has 1 aliphatic heterocycles. The van der Waals surface area contributed by atoms with Gasteiger partial charge in [-0.2, -0.15) is 0 Å². The predicted octanol–water partition coefficient (Wildman–Crippen LogP) is 4.33. The van der Waals surface area contributed by atoms with Crippen molar-refractivity contribution in [2.75, 3.05) is 15.5 Å². The topological polar surface area (TPSA) is 139 Å². The van der Waals surface area contributed by atoms with Crippen molar-refractivity contribution in [2.24, 2.45) is 5.14 Å². The SMILES string of the molecule is NS(=O)(=O)c1ccc(NC(=O)c2ccc(NC3=C(Cl)C(=O)N(c4ccc(Cl)c(Cl)c4)C3=O)cc2)cc1. The van der Waals surface area contributed by atoms with Gasteiger partial charge in [0.2, 0.25) is 10.0 Å². The zero-order valence-corrected chi connectivity index (χ0v) is 21.0. The first-order valence-corrected chi connectivity index (χ1v) is 12.7. The van der Waals surface area contributed by atoms with Crippen molar-refractivity contribution in [3.63, 3.8) is 0 Å². The molecule has 0 spiro atoms. The number of halogens is 3. The van der Waals surface area contributed by atoms with Crippen LogP contribution in [-0.4, -0.2) is 26.1 Å². The zero-order chi connectivity index (χ0) is 26.2. The Morgan fingerprint density at radius 3 is 2.00 bits per heavy atom. The van der Waals surface area contributed by atoms with Crippen LogP contribution in [0.2, 0.25) is 10.0 Å². The predicted molar refractivity (Wildman–Crippen MR) is 138 cm³/mol. The summed E-state index contributed by atoms with van der Waals surface area (Å²) in [7, 11) is -3.84. The lowest BCUT2D eigenvalue weighted by atomic mass is 10.2. The molecule has 0 aromatic heterocycles. The number of nitrogens with zero attached hydrogens (tertiary/aromatic N) is 1. The first-order chi connectivity index (χ1) is 17.0. The molecule has 0 saturated carbocycles. The summed E-state index contributed by atoms with van der Waals surface area (Å²) in [6.07, 6.45) is 0. The number of nitrogens with two attached hydrogens (primary N) is 1. The lowest BCUT2D eigenvalue weighted by Gasteiger charge is -2.15. The third-order valence-corrected chi connectivity index (χ3v) is 7.06. The van der Waals surface area contributed by atoms with Gasteiger partial charge in [0.25, 0.3) is 17.7 Å². The monoisotopic (exact) mass is 564 g/mol. The lowest BCUT2D eigenvalue weighted by molar-refractivity contribution is -0.120. The molecule has 0 bridgehead atoms. The van der Waals surface area contributed by atoms with Gasteiger partial charge < -0.3 is 10.6 Å². The summed E-state index contributed by atoms with van der Waals surface area (Å²) in [5.41, 5.74) is 1.11. The Bertz CT molecular complexity index is 1540. The highest BCUT2D eigenvalue weighted by atomic mass is 35.5. The quantitative estimate of drug-likeness (QED) is 0.380. The second kappa shape index (κ2) is 9.92. The summed E-state index contributed by atoms with van der Waals surface area (Å²) in [5, 5.41) is 10.6. The average molecular weight is 566 g/mol. The van der Waals surface area contributed by atoms with Crippen molar-refractivity contribution in [3.05, 3.63) is 93.1 Å². The largest absolute Gasteiger partial charge is 0.350 e. The van der Waals surface area contributed by atoms with E-state index in [-0.39, 0.29) is 36.9 Å². The van der Waals surface area contributed by atoms with Gasteiger partial charge in [0.05, 0.1) is 20.6 Å². The van der Waals surface area contributed by atoms with Crippen molar-refractivity contribution < 1.29 is 22.8 Å². The molecule has 9 nitrogen and oxygen atoms in total. The molecule has 1 heterocycles. The van der Waals surface area contributed by atoms with Crippen molar-refractivity contribution in [3.8, 4) is 0 Å². The molecular formula is C23H15Cl3N4O5S. The maximum absolute atomic E-state index is 12.9. The van der Waals surface area contributed by atoms with Gasteiger partial charge in [-0.05, 0) is 66.7 Å². The maximum atomic E-state index is 12.9. The minimum atomic E-state index is -3.84. The minimum Gasteiger partial charge on any atom is -0.350 e. The van der Waals surface area contributed by atoms with Gasteiger partial charge in [-0.15, -0.1) is 0 Å². The second-order valence-corrected chi connectivity index (χ2v) is 10.2. The number of sulfonamides is 1. The average Bonchev–Trinajstić information content (AvgIpc) is 3.04. The number of carbonyl (C=O) groups excluding carboxylic acids is 3. The molecule has 3 amide bonds. The molecule has 4 rings (SSSR count). The number of carbonyl (C=O) groups is 3. The molecular weight excluding hydrogens is 551 g/mol. The Morgan fingerprint density at radius 1 is 0.806 bits per heavy atom. The van der Waals surface area contributed by atoms with Gasteiger partial charge in [-0.1, -0.05) is 34.8 Å². The molecule has 4 N–H and O–H groups in total. The number of imide groups is 1. The van der Waals surface area contributed by atoms with Crippen LogP contribution in [0.3, 0.4) is 0 Å². The highest BCUT2D eigenvalue weighted by Crippen LogP contribution is 2.33. The fraction of sp³-hybridized carbons (Fsp3) is 0. The Hall–Kier alpha value is -3.41. The van der Waals surface area contributed by atoms with Crippen molar-refractivity contribution >= 4 is 79.6 Å². The van der Waals surface area contributed by atoms with Gasteiger partial charge in [0.15, 0.2) is 0 Å². The van der Waals surface area contributed by atoms with Crippen LogP contribution >= 0.6 is 34.8 Å². The van der Waals surface area contributed by atoms with Crippen LogP contribution in [0.5, 0.6) is 0 Å². The van der Waals surface area contributed by atoms with Crippen LogP contribution in [0.25, 0.3) is 0 Å². The van der Waals surface area contributed by atoms with Crippen LogP contribution in [-0.2, 0) is 19.6 Å². The Morgan fingerprint density at radius 2 is 1.42 bits per heavy atom. The Kier molecular flexibility index (Phi) is 7.07. The van der Waals surface area contributed by atoms with E-state index in [9.17, 15) is 22.8 Å². The Labute approximate surface area is 220 Å². The number of amides is 3. The van der Waals surface area contributed by atoms with E-state index in [1.807, 2.05) is 0 Å². The van der Waals surface area contributed by atoms with E-state index in [0.717, 1.165) is 4.90 Å². The highest BCUT2D eigenvalue weighted by molar-refractivity contribution is 7.89. The Balaban J connectivity index is 1.46. The zero-order valence-electron chi connectivity index (χ0n) is 18.0. The van der Waals surface area contributed by atoms with E-state index >= 15 is 0 Å². The third-order valence-electron chi connectivity index (χ3n) is 5.05. The van der Waals surface area contributed by atoms with Crippen molar-refractivity contribution in [1.82, 2.24) is 0 Å². The number of nitrogens with one attached hydrogen (secondary N) is 2. The molecule has 3 aromatic carbocycles. The van der Waals surface area contributed by atoms with E-state index in [0.29, 0.717) is 11.4 Å². The smallest absolute Gasteiger partial charge is 0.283 e. The fourth-order valence-electron chi connectivity index (χ4n) is 3.25. The second-order valence-electron chi connectivity index (χ2n) is 7.46. The summed E-state index contributed by atoms with van der Waals surface area (Å²) in [6.45, 7) is 0. The highest BCUT2D eigenvalue weighted by Gasteiger charge is 2.39. The number of rotatable bonds is 6. The molecule has 36 heavy (non-hydrogen) atoms. The van der Waals surface area contributed by atoms with Crippen molar-refractivity contribution in [1.29, 1.82) is 0 Å².